The van der Waals surface area contributed by atoms with Gasteiger partial charge in [-0.1, -0.05) is 58.0 Å². The Morgan fingerprint density at radius 2 is 1.82 bits per heavy atom. The number of rotatable bonds is 1. The zero-order chi connectivity index (χ0) is 12.8. The number of halogens is 5. The number of hydrogen-bond donors (Lipinski definition) is 0. The van der Waals surface area contributed by atoms with E-state index in [1.54, 1.807) is 11.6 Å². The summed E-state index contributed by atoms with van der Waals surface area (Å²) in [5.74, 6) is 0.566. The van der Waals surface area contributed by atoms with E-state index in [1.165, 1.54) is 0 Å². The van der Waals surface area contributed by atoms with Crippen molar-refractivity contribution < 1.29 is 0 Å². The van der Waals surface area contributed by atoms with E-state index in [-0.39, 0.29) is 11.0 Å². The summed E-state index contributed by atoms with van der Waals surface area (Å²) >= 11 is 29.7. The van der Waals surface area contributed by atoms with Crippen molar-refractivity contribution in [2.45, 2.75) is 3.79 Å². The highest BCUT2D eigenvalue weighted by Crippen LogP contribution is 2.38. The molecule has 0 radical (unpaired) electrons. The third-order valence-corrected chi connectivity index (χ3v) is 3.87. The van der Waals surface area contributed by atoms with Crippen LogP contribution in [0.2, 0.25) is 10.3 Å². The summed E-state index contributed by atoms with van der Waals surface area (Å²) in [5.41, 5.74) is 0. The molecular weight excluding hydrogens is 349 g/mol. The predicted molar refractivity (Wildman–Crippen MR) is 71.4 cm³/mol. The molecule has 10 heteroatoms. The number of imidazole rings is 1. The van der Waals surface area contributed by atoms with Crippen LogP contribution in [0.25, 0.3) is 10.8 Å². The molecule has 2 aromatic heterocycles. The van der Waals surface area contributed by atoms with Crippen molar-refractivity contribution in [2.24, 2.45) is 7.05 Å². The maximum absolute atomic E-state index is 5.89. The van der Waals surface area contributed by atoms with Crippen LogP contribution in [0.5, 0.6) is 0 Å². The summed E-state index contributed by atoms with van der Waals surface area (Å²) in [6, 6.07) is 0. The Morgan fingerprint density at radius 3 is 2.24 bits per heavy atom. The van der Waals surface area contributed by atoms with Crippen LogP contribution in [0.4, 0.5) is 0 Å². The molecule has 2 aromatic rings. The van der Waals surface area contributed by atoms with Crippen molar-refractivity contribution in [3.8, 4) is 10.8 Å². The largest absolute Gasteiger partial charge is 0.315 e. The molecule has 92 valence electrons. The fourth-order valence-corrected chi connectivity index (χ4v) is 2.54. The number of alkyl halides is 3. The SMILES string of the molecule is Cn1c(-c2nc(C(Cl)(Cl)Cl)ns2)nc(Cl)c1Cl. The van der Waals surface area contributed by atoms with Crippen molar-refractivity contribution >= 4 is 69.5 Å². The Hall–Kier alpha value is 0.220. The maximum Gasteiger partial charge on any atom is 0.251 e. The van der Waals surface area contributed by atoms with Gasteiger partial charge in [-0.25, -0.2) is 9.97 Å². The Bertz CT molecular complexity index is 557. The minimum atomic E-state index is -1.66. The van der Waals surface area contributed by atoms with E-state index < -0.39 is 3.79 Å². The summed E-state index contributed by atoms with van der Waals surface area (Å²) in [5, 5.41) is 0.977. The van der Waals surface area contributed by atoms with Crippen molar-refractivity contribution in [1.29, 1.82) is 0 Å². The van der Waals surface area contributed by atoms with Gasteiger partial charge in [-0.05, 0) is 11.5 Å². The summed E-state index contributed by atoms with van der Waals surface area (Å²) in [4.78, 5) is 8.13. The molecule has 17 heavy (non-hydrogen) atoms. The van der Waals surface area contributed by atoms with Gasteiger partial charge in [-0.15, -0.1) is 0 Å². The minimum Gasteiger partial charge on any atom is -0.315 e. The van der Waals surface area contributed by atoms with Gasteiger partial charge >= 0.3 is 0 Å². The molecule has 0 amide bonds. The van der Waals surface area contributed by atoms with E-state index in [0.29, 0.717) is 16.0 Å². The molecule has 0 aromatic carbocycles. The molecule has 0 bridgehead atoms. The molecule has 2 rings (SSSR count). The number of hydrogen-bond acceptors (Lipinski definition) is 4. The van der Waals surface area contributed by atoms with E-state index in [2.05, 4.69) is 14.3 Å². The van der Waals surface area contributed by atoms with Crippen molar-refractivity contribution in [3.63, 3.8) is 0 Å². The van der Waals surface area contributed by atoms with Gasteiger partial charge < -0.3 is 4.57 Å². The molecule has 4 nitrogen and oxygen atoms in total. The van der Waals surface area contributed by atoms with Crippen molar-refractivity contribution in [2.75, 3.05) is 0 Å². The van der Waals surface area contributed by atoms with Crippen LogP contribution in [0.3, 0.4) is 0 Å². The molecule has 2 heterocycles. The Labute approximate surface area is 126 Å². The van der Waals surface area contributed by atoms with Crippen LogP contribution < -0.4 is 0 Å². The van der Waals surface area contributed by atoms with Gasteiger partial charge in [-0.3, -0.25) is 0 Å². The first-order chi connectivity index (χ1) is 7.80. The monoisotopic (exact) mass is 350 g/mol. The Balaban J connectivity index is 2.48. The molecule has 0 saturated carbocycles. The lowest BCUT2D eigenvalue weighted by Crippen LogP contribution is -2.02. The van der Waals surface area contributed by atoms with Crippen LogP contribution >= 0.6 is 69.5 Å². The summed E-state index contributed by atoms with van der Waals surface area (Å²) in [6.45, 7) is 0. The van der Waals surface area contributed by atoms with E-state index >= 15 is 0 Å². The van der Waals surface area contributed by atoms with Crippen molar-refractivity contribution in [1.82, 2.24) is 18.9 Å². The first-order valence-corrected chi connectivity index (χ1v) is 6.76. The van der Waals surface area contributed by atoms with Gasteiger partial charge in [0.15, 0.2) is 21.8 Å². The van der Waals surface area contributed by atoms with Gasteiger partial charge in [0.2, 0.25) is 0 Å². The topological polar surface area (TPSA) is 43.6 Å². The molecular formula is C7H3Cl5N4S. The van der Waals surface area contributed by atoms with E-state index in [1.807, 2.05) is 0 Å². The van der Waals surface area contributed by atoms with E-state index in [0.717, 1.165) is 11.5 Å². The van der Waals surface area contributed by atoms with E-state index in [9.17, 15) is 0 Å². The number of aromatic nitrogens is 4. The fraction of sp³-hybridized carbons (Fsp3) is 0.286. The second-order valence-electron chi connectivity index (χ2n) is 3.00. The second kappa shape index (κ2) is 4.72. The third-order valence-electron chi connectivity index (χ3n) is 1.86. The van der Waals surface area contributed by atoms with Crippen LogP contribution in [0.15, 0.2) is 0 Å². The minimum absolute atomic E-state index is 0.0951. The maximum atomic E-state index is 5.89. The standard InChI is InChI=1S/C7H3Cl5N4S/c1-16-3(9)2(8)13-4(16)5-14-6(15-17-5)7(10,11)12/h1H3. The molecule has 0 aliphatic carbocycles. The second-order valence-corrected chi connectivity index (χ2v) is 6.75. The molecule has 0 N–H and O–H groups in total. The molecule has 0 saturated heterocycles. The quantitative estimate of drug-likeness (QED) is 0.727. The Morgan fingerprint density at radius 1 is 1.18 bits per heavy atom. The molecule has 0 fully saturated rings. The Kier molecular flexibility index (Phi) is 3.79. The lowest BCUT2D eigenvalue weighted by Gasteiger charge is -2.03. The predicted octanol–water partition coefficient (Wildman–Crippen LogP) is 4.07. The first kappa shape index (κ1) is 13.6. The first-order valence-electron chi connectivity index (χ1n) is 4.09. The summed E-state index contributed by atoms with van der Waals surface area (Å²) in [6.07, 6.45) is 0. The highest BCUT2D eigenvalue weighted by molar-refractivity contribution is 7.09. The smallest absolute Gasteiger partial charge is 0.251 e. The molecule has 0 unspecified atom stereocenters. The highest BCUT2D eigenvalue weighted by Gasteiger charge is 2.29. The normalized spacial score (nSPS) is 12.1. The molecule has 0 aliphatic rings. The highest BCUT2D eigenvalue weighted by atomic mass is 35.6. The van der Waals surface area contributed by atoms with Crippen LogP contribution in [-0.2, 0) is 10.8 Å². The summed E-state index contributed by atoms with van der Waals surface area (Å²) in [7, 11) is 1.70. The average Bonchev–Trinajstić information content (AvgIpc) is 2.79. The average molecular weight is 352 g/mol. The fourth-order valence-electron chi connectivity index (χ4n) is 1.07. The zero-order valence-electron chi connectivity index (χ0n) is 8.09. The lowest BCUT2D eigenvalue weighted by atomic mass is 10.6. The van der Waals surface area contributed by atoms with Gasteiger partial charge in [0.25, 0.3) is 3.79 Å². The van der Waals surface area contributed by atoms with Crippen LogP contribution in [0.1, 0.15) is 5.82 Å². The summed E-state index contributed by atoms with van der Waals surface area (Å²) < 4.78 is 3.86. The van der Waals surface area contributed by atoms with Gasteiger partial charge in [0.05, 0.1) is 0 Å². The van der Waals surface area contributed by atoms with Gasteiger partial charge in [0.1, 0.15) is 5.15 Å². The third kappa shape index (κ3) is 2.64. The van der Waals surface area contributed by atoms with Crippen molar-refractivity contribution in [3.05, 3.63) is 16.1 Å². The van der Waals surface area contributed by atoms with Crippen LogP contribution in [-0.4, -0.2) is 18.9 Å². The van der Waals surface area contributed by atoms with Gasteiger partial charge in [0, 0.05) is 7.05 Å². The van der Waals surface area contributed by atoms with Crippen LogP contribution in [0, 0.1) is 0 Å². The molecule has 0 aliphatic heterocycles. The zero-order valence-corrected chi connectivity index (χ0v) is 12.7. The van der Waals surface area contributed by atoms with Gasteiger partial charge in [-0.2, -0.15) is 4.37 Å². The lowest BCUT2D eigenvalue weighted by molar-refractivity contribution is 0.919. The molecule has 0 atom stereocenters. The molecule has 0 spiro atoms. The van der Waals surface area contributed by atoms with E-state index in [4.69, 9.17) is 58.0 Å². The number of nitrogens with zero attached hydrogens (tertiary/aromatic N) is 4.